The van der Waals surface area contributed by atoms with Crippen LogP contribution in [-0.2, 0) is 6.54 Å². The number of hydrogen-bond donors (Lipinski definition) is 3. The molecular formula is C29H28ClN3O2. The number of fused-ring (bicyclic) bond motifs is 3. The molecule has 4 aromatic carbocycles. The van der Waals surface area contributed by atoms with Crippen LogP contribution in [0.25, 0.3) is 21.8 Å². The third-order valence-electron chi connectivity index (χ3n) is 6.24. The normalized spacial score (nSPS) is 12.4. The van der Waals surface area contributed by atoms with Crippen LogP contribution in [0.1, 0.15) is 17.2 Å². The Balaban J connectivity index is 1.27. The number of anilines is 1. The lowest BCUT2D eigenvalue weighted by Gasteiger charge is -2.25. The van der Waals surface area contributed by atoms with Gasteiger partial charge in [0.1, 0.15) is 12.4 Å². The maximum absolute atomic E-state index is 10.9. The molecule has 1 atom stereocenters. The maximum Gasteiger partial charge on any atom is 0.121 e. The van der Waals surface area contributed by atoms with Crippen LogP contribution < -0.4 is 10.5 Å². The van der Waals surface area contributed by atoms with E-state index in [0.717, 1.165) is 22.3 Å². The summed E-state index contributed by atoms with van der Waals surface area (Å²) < 4.78 is 6.12. The van der Waals surface area contributed by atoms with E-state index in [4.69, 9.17) is 22.1 Å². The van der Waals surface area contributed by atoms with Gasteiger partial charge in [-0.05, 0) is 41.5 Å². The Hall–Kier alpha value is -3.51. The molecule has 0 radical (unpaired) electrons. The van der Waals surface area contributed by atoms with Crippen LogP contribution >= 0.6 is 11.6 Å². The van der Waals surface area contributed by atoms with Gasteiger partial charge in [-0.25, -0.2) is 0 Å². The number of nitrogens with zero attached hydrogens (tertiary/aromatic N) is 1. The van der Waals surface area contributed by atoms with Gasteiger partial charge < -0.3 is 20.6 Å². The highest BCUT2D eigenvalue weighted by atomic mass is 35.5. The van der Waals surface area contributed by atoms with E-state index in [1.165, 1.54) is 16.3 Å². The highest BCUT2D eigenvalue weighted by molar-refractivity contribution is 6.33. The Labute approximate surface area is 209 Å². The van der Waals surface area contributed by atoms with E-state index in [0.29, 0.717) is 37.0 Å². The molecule has 0 aliphatic rings. The van der Waals surface area contributed by atoms with Gasteiger partial charge in [0, 0.05) is 42.0 Å². The van der Waals surface area contributed by atoms with Crippen molar-refractivity contribution in [2.45, 2.75) is 12.6 Å². The first-order chi connectivity index (χ1) is 17.1. The molecule has 1 unspecified atom stereocenters. The van der Waals surface area contributed by atoms with Gasteiger partial charge in [-0.1, -0.05) is 66.2 Å². The predicted octanol–water partition coefficient (Wildman–Crippen LogP) is 6.17. The minimum atomic E-state index is -0.694. The molecule has 0 aliphatic carbocycles. The number of aromatic nitrogens is 1. The third kappa shape index (κ3) is 5.43. The molecule has 0 spiro atoms. The molecule has 0 bridgehead atoms. The Morgan fingerprint density at radius 2 is 1.66 bits per heavy atom. The van der Waals surface area contributed by atoms with Crippen LogP contribution in [0.15, 0.2) is 91.0 Å². The molecule has 4 N–H and O–H groups in total. The summed E-state index contributed by atoms with van der Waals surface area (Å²) >= 11 is 6.05. The second-order valence-corrected chi connectivity index (χ2v) is 9.15. The Bertz CT molecular complexity index is 1430. The number of aliphatic hydroxyl groups is 1. The van der Waals surface area contributed by atoms with Gasteiger partial charge in [-0.2, -0.15) is 0 Å². The van der Waals surface area contributed by atoms with E-state index < -0.39 is 6.10 Å². The lowest BCUT2D eigenvalue weighted by molar-refractivity contribution is 0.0986. The molecule has 5 nitrogen and oxygen atoms in total. The number of halogens is 1. The standard InChI is InChI=1S/C29H28ClN3O2/c30-25-13-10-21(16-26(25)31)29(34)19-33(18-20-6-2-1-3-7-20)14-15-35-22-11-12-24-23-8-4-5-9-27(23)32-28(24)17-22/h1-13,16-17,29,32,34H,14-15,18-19,31H2. The molecule has 0 saturated carbocycles. The first kappa shape index (κ1) is 23.2. The number of nitrogen functional groups attached to an aromatic ring is 1. The van der Waals surface area contributed by atoms with Crippen molar-refractivity contribution in [2.24, 2.45) is 0 Å². The minimum absolute atomic E-state index is 0.445. The summed E-state index contributed by atoms with van der Waals surface area (Å²) in [6, 6.07) is 29.9. The molecule has 178 valence electrons. The molecular weight excluding hydrogens is 458 g/mol. The van der Waals surface area contributed by atoms with Gasteiger partial charge in [0.2, 0.25) is 0 Å². The van der Waals surface area contributed by atoms with E-state index in [9.17, 15) is 5.11 Å². The number of aromatic amines is 1. The van der Waals surface area contributed by atoms with E-state index in [1.54, 1.807) is 12.1 Å². The van der Waals surface area contributed by atoms with Gasteiger partial charge in [-0.15, -0.1) is 0 Å². The van der Waals surface area contributed by atoms with E-state index in [-0.39, 0.29) is 0 Å². The van der Waals surface area contributed by atoms with Crippen LogP contribution in [0.3, 0.4) is 0 Å². The fourth-order valence-electron chi connectivity index (χ4n) is 4.41. The maximum atomic E-state index is 10.9. The monoisotopic (exact) mass is 485 g/mol. The topological polar surface area (TPSA) is 74.5 Å². The summed E-state index contributed by atoms with van der Waals surface area (Å²) in [6.45, 7) is 2.29. The predicted molar refractivity (Wildman–Crippen MR) is 144 cm³/mol. The summed E-state index contributed by atoms with van der Waals surface area (Å²) in [7, 11) is 0. The number of nitrogens with two attached hydrogens (primary N) is 1. The average molecular weight is 486 g/mol. The molecule has 0 saturated heterocycles. The van der Waals surface area contributed by atoms with Crippen molar-refractivity contribution in [1.29, 1.82) is 0 Å². The molecule has 0 fully saturated rings. The molecule has 6 heteroatoms. The highest BCUT2D eigenvalue weighted by Gasteiger charge is 2.16. The van der Waals surface area contributed by atoms with Crippen molar-refractivity contribution in [3.8, 4) is 5.75 Å². The number of nitrogens with one attached hydrogen (secondary N) is 1. The number of aliphatic hydroxyl groups excluding tert-OH is 1. The second kappa shape index (κ2) is 10.4. The van der Waals surface area contributed by atoms with Gasteiger partial charge in [-0.3, -0.25) is 4.90 Å². The fourth-order valence-corrected chi connectivity index (χ4v) is 4.53. The second-order valence-electron chi connectivity index (χ2n) is 8.74. The number of H-pyrrole nitrogens is 1. The SMILES string of the molecule is Nc1cc(C(O)CN(CCOc2ccc3c(c2)[nH]c2ccccc23)Cc2ccccc2)ccc1Cl. The van der Waals surface area contributed by atoms with Crippen molar-refractivity contribution in [3.63, 3.8) is 0 Å². The molecule has 0 amide bonds. The lowest BCUT2D eigenvalue weighted by atomic mass is 10.1. The summed E-state index contributed by atoms with van der Waals surface area (Å²) in [5.74, 6) is 0.815. The Morgan fingerprint density at radius 3 is 2.49 bits per heavy atom. The van der Waals surface area contributed by atoms with Gasteiger partial charge >= 0.3 is 0 Å². The van der Waals surface area contributed by atoms with Gasteiger partial charge in [0.15, 0.2) is 0 Å². The largest absolute Gasteiger partial charge is 0.492 e. The molecule has 1 aromatic heterocycles. The van der Waals surface area contributed by atoms with Gasteiger partial charge in [0.25, 0.3) is 0 Å². The summed E-state index contributed by atoms with van der Waals surface area (Å²) in [4.78, 5) is 5.65. The molecule has 5 rings (SSSR count). The van der Waals surface area contributed by atoms with Crippen molar-refractivity contribution in [2.75, 3.05) is 25.4 Å². The van der Waals surface area contributed by atoms with Crippen molar-refractivity contribution < 1.29 is 9.84 Å². The van der Waals surface area contributed by atoms with E-state index in [2.05, 4.69) is 40.2 Å². The van der Waals surface area contributed by atoms with Crippen molar-refractivity contribution in [1.82, 2.24) is 9.88 Å². The summed E-state index contributed by atoms with van der Waals surface area (Å²) in [5, 5.41) is 13.8. The summed E-state index contributed by atoms with van der Waals surface area (Å²) in [6.07, 6.45) is -0.694. The van der Waals surface area contributed by atoms with Crippen LogP contribution in [0, 0.1) is 0 Å². The van der Waals surface area contributed by atoms with Crippen LogP contribution in [-0.4, -0.2) is 34.7 Å². The quantitative estimate of drug-likeness (QED) is 0.218. The smallest absolute Gasteiger partial charge is 0.121 e. The van der Waals surface area contributed by atoms with Crippen molar-refractivity contribution in [3.05, 3.63) is 107 Å². The Kier molecular flexibility index (Phi) is 6.91. The van der Waals surface area contributed by atoms with Crippen LogP contribution in [0.4, 0.5) is 5.69 Å². The number of benzene rings is 4. The average Bonchev–Trinajstić information content (AvgIpc) is 3.24. The molecule has 1 heterocycles. The van der Waals surface area contributed by atoms with E-state index in [1.807, 2.05) is 48.5 Å². The number of rotatable bonds is 9. The summed E-state index contributed by atoms with van der Waals surface area (Å²) in [5.41, 5.74) is 10.5. The zero-order valence-electron chi connectivity index (χ0n) is 19.3. The zero-order valence-corrected chi connectivity index (χ0v) is 20.1. The number of hydrogen-bond acceptors (Lipinski definition) is 4. The first-order valence-electron chi connectivity index (χ1n) is 11.7. The van der Waals surface area contributed by atoms with E-state index >= 15 is 0 Å². The molecule has 0 aliphatic heterocycles. The van der Waals surface area contributed by atoms with Crippen LogP contribution in [0.5, 0.6) is 5.75 Å². The minimum Gasteiger partial charge on any atom is -0.492 e. The number of para-hydroxylation sites is 1. The third-order valence-corrected chi connectivity index (χ3v) is 6.58. The molecule has 35 heavy (non-hydrogen) atoms. The van der Waals surface area contributed by atoms with Crippen LogP contribution in [0.2, 0.25) is 5.02 Å². The first-order valence-corrected chi connectivity index (χ1v) is 12.1. The highest BCUT2D eigenvalue weighted by Crippen LogP contribution is 2.28. The van der Waals surface area contributed by atoms with Gasteiger partial charge in [0.05, 0.1) is 22.3 Å². The number of ether oxygens (including phenoxy) is 1. The van der Waals surface area contributed by atoms with Crippen molar-refractivity contribution >= 4 is 39.1 Å². The lowest BCUT2D eigenvalue weighted by Crippen LogP contribution is -2.32. The zero-order chi connectivity index (χ0) is 24.2. The fraction of sp³-hybridized carbons (Fsp3) is 0.172. The Morgan fingerprint density at radius 1 is 0.886 bits per heavy atom. The molecule has 5 aromatic rings.